The Hall–Kier alpha value is -0.380. The third kappa shape index (κ3) is 7.85. The maximum Gasteiger partial charge on any atom is 0.421 e. The molecular weight excluding hydrogens is 304 g/mol. The van der Waals surface area contributed by atoms with Crippen LogP contribution in [0.15, 0.2) is 0 Å². The minimum absolute atomic E-state index is 0.0998. The minimum atomic E-state index is -3.88. The summed E-state index contributed by atoms with van der Waals surface area (Å²) >= 11 is 3.19. The van der Waals surface area contributed by atoms with Crippen molar-refractivity contribution in [2.45, 2.75) is 11.8 Å². The molecule has 1 atom stereocenters. The smallest absolute Gasteiger partial charge is 0.421 e. The van der Waals surface area contributed by atoms with Crippen LogP contribution in [-0.2, 0) is 19.7 Å². The van der Waals surface area contributed by atoms with Crippen molar-refractivity contribution >= 4 is 32.2 Å². The molecule has 0 aromatic carbocycles. The van der Waals surface area contributed by atoms with Crippen LogP contribution in [0.3, 0.4) is 0 Å². The zero-order chi connectivity index (χ0) is 12.6. The van der Waals surface area contributed by atoms with Gasteiger partial charge in [0.15, 0.2) is 0 Å². The molecule has 0 heterocycles. The van der Waals surface area contributed by atoms with Gasteiger partial charge in [0.25, 0.3) is 0 Å². The molecule has 0 rings (SSSR count). The molecule has 2 N–H and O–H groups in total. The number of amides is 1. The van der Waals surface area contributed by atoms with Crippen LogP contribution in [0.1, 0.15) is 6.92 Å². The van der Waals surface area contributed by atoms with E-state index in [1.54, 1.807) is 11.6 Å². The minimum Gasteiger partial charge on any atom is -0.449 e. The summed E-state index contributed by atoms with van der Waals surface area (Å²) in [4.78, 5) is 10.7. The molecule has 0 aromatic rings. The van der Waals surface area contributed by atoms with Gasteiger partial charge in [-0.2, -0.15) is 13.1 Å². The number of carbonyl (C=O) groups is 1. The lowest BCUT2D eigenvalue weighted by molar-refractivity contribution is 0.158. The van der Waals surface area contributed by atoms with Crippen LogP contribution in [0.2, 0.25) is 0 Å². The number of alkyl halides is 1. The maximum atomic E-state index is 11.2. The van der Waals surface area contributed by atoms with Gasteiger partial charge in [0, 0.05) is 13.7 Å². The molecule has 0 aliphatic rings. The summed E-state index contributed by atoms with van der Waals surface area (Å²) in [7, 11) is -2.38. The van der Waals surface area contributed by atoms with E-state index in [4.69, 9.17) is 4.74 Å². The summed E-state index contributed by atoms with van der Waals surface area (Å²) in [5.74, 6) is 0. The average Bonchev–Trinajstić information content (AvgIpc) is 2.15. The normalized spacial score (nSPS) is 13.2. The van der Waals surface area contributed by atoms with Gasteiger partial charge >= 0.3 is 16.3 Å². The summed E-state index contributed by atoms with van der Waals surface area (Å²) in [6.45, 7) is 2.13. The monoisotopic (exact) mass is 318 g/mol. The number of ether oxygens (including phenoxy) is 2. The Kier molecular flexibility index (Phi) is 7.64. The Balaban J connectivity index is 4.01. The van der Waals surface area contributed by atoms with Crippen molar-refractivity contribution in [1.29, 1.82) is 0 Å². The third-order valence-electron chi connectivity index (χ3n) is 1.34. The first-order chi connectivity index (χ1) is 7.41. The van der Waals surface area contributed by atoms with E-state index in [9.17, 15) is 13.2 Å². The standard InChI is InChI=1S/C7H15BrN2O5S/c1-3-15-7(11)10-16(12,13)9-4-6(8)5-14-2/h6,9H,3-5H2,1-2H3,(H,10,11). The molecule has 0 saturated carbocycles. The van der Waals surface area contributed by atoms with Crippen LogP contribution in [-0.4, -0.2) is 46.2 Å². The molecule has 9 heteroatoms. The highest BCUT2D eigenvalue weighted by Crippen LogP contribution is 1.98. The lowest BCUT2D eigenvalue weighted by Gasteiger charge is -2.11. The summed E-state index contributed by atoms with van der Waals surface area (Å²) in [5, 5.41) is 0. The van der Waals surface area contributed by atoms with Crippen molar-refractivity contribution in [2.75, 3.05) is 26.9 Å². The fourth-order valence-electron chi connectivity index (χ4n) is 0.746. The van der Waals surface area contributed by atoms with E-state index in [1.165, 1.54) is 7.11 Å². The molecule has 0 aliphatic carbocycles. The van der Waals surface area contributed by atoms with Gasteiger partial charge in [-0.15, -0.1) is 0 Å². The Bertz CT molecular complexity index is 308. The molecule has 0 aromatic heterocycles. The van der Waals surface area contributed by atoms with Crippen molar-refractivity contribution in [3.8, 4) is 0 Å². The quantitative estimate of drug-likeness (QED) is 0.643. The molecule has 0 saturated heterocycles. The van der Waals surface area contributed by atoms with Gasteiger partial charge in [-0.3, -0.25) is 0 Å². The Morgan fingerprint density at radius 2 is 2.12 bits per heavy atom. The maximum absolute atomic E-state index is 11.2. The van der Waals surface area contributed by atoms with Crippen LogP contribution in [0.5, 0.6) is 0 Å². The number of carbonyl (C=O) groups excluding carboxylic acids is 1. The molecule has 1 amide bonds. The van der Waals surface area contributed by atoms with Gasteiger partial charge in [-0.05, 0) is 6.92 Å². The second-order valence-corrected chi connectivity index (χ2v) is 5.52. The van der Waals surface area contributed by atoms with E-state index in [2.05, 4.69) is 25.4 Å². The first-order valence-electron chi connectivity index (χ1n) is 4.48. The van der Waals surface area contributed by atoms with Crippen LogP contribution >= 0.6 is 15.9 Å². The lowest BCUT2D eigenvalue weighted by atomic mass is 10.5. The largest absolute Gasteiger partial charge is 0.449 e. The predicted molar refractivity (Wildman–Crippen MR) is 61.7 cm³/mol. The van der Waals surface area contributed by atoms with Crippen molar-refractivity contribution in [1.82, 2.24) is 9.44 Å². The molecule has 16 heavy (non-hydrogen) atoms. The summed E-state index contributed by atoms with van der Waals surface area (Å²) < 4.78 is 35.6. The van der Waals surface area contributed by atoms with E-state index in [0.717, 1.165) is 0 Å². The SMILES string of the molecule is CCOC(=O)NS(=O)(=O)NCC(Br)COC. The molecule has 0 bridgehead atoms. The van der Waals surface area contributed by atoms with Crippen molar-refractivity contribution in [2.24, 2.45) is 0 Å². The Morgan fingerprint density at radius 1 is 1.50 bits per heavy atom. The number of nitrogens with one attached hydrogen (secondary N) is 2. The van der Waals surface area contributed by atoms with E-state index in [-0.39, 0.29) is 18.0 Å². The second-order valence-electron chi connectivity index (χ2n) is 2.73. The van der Waals surface area contributed by atoms with E-state index < -0.39 is 16.3 Å². The highest BCUT2D eigenvalue weighted by molar-refractivity contribution is 9.09. The fourth-order valence-corrected chi connectivity index (χ4v) is 2.16. The molecule has 0 spiro atoms. The van der Waals surface area contributed by atoms with Gasteiger partial charge in [-0.1, -0.05) is 15.9 Å². The van der Waals surface area contributed by atoms with E-state index in [0.29, 0.717) is 6.61 Å². The summed E-state index contributed by atoms with van der Waals surface area (Å²) in [6.07, 6.45) is -1.01. The van der Waals surface area contributed by atoms with Crippen LogP contribution in [0.25, 0.3) is 0 Å². The molecule has 7 nitrogen and oxygen atoms in total. The van der Waals surface area contributed by atoms with E-state index >= 15 is 0 Å². The Morgan fingerprint density at radius 3 is 2.62 bits per heavy atom. The highest BCUT2D eigenvalue weighted by Gasteiger charge is 2.16. The highest BCUT2D eigenvalue weighted by atomic mass is 79.9. The first kappa shape index (κ1) is 15.6. The molecular formula is C7H15BrN2O5S. The molecule has 0 fully saturated rings. The number of halogens is 1. The number of methoxy groups -OCH3 is 1. The van der Waals surface area contributed by atoms with Gasteiger partial charge in [-0.25, -0.2) is 9.52 Å². The van der Waals surface area contributed by atoms with Crippen LogP contribution < -0.4 is 9.44 Å². The molecule has 0 aliphatic heterocycles. The van der Waals surface area contributed by atoms with Gasteiger partial charge in [0.05, 0.1) is 18.0 Å². The second kappa shape index (κ2) is 7.82. The fraction of sp³-hybridized carbons (Fsp3) is 0.857. The van der Waals surface area contributed by atoms with Crippen LogP contribution in [0, 0.1) is 0 Å². The van der Waals surface area contributed by atoms with Gasteiger partial charge in [0.1, 0.15) is 0 Å². The summed E-state index contributed by atoms with van der Waals surface area (Å²) in [5.41, 5.74) is 0. The van der Waals surface area contributed by atoms with Crippen molar-refractivity contribution < 1.29 is 22.7 Å². The molecule has 0 radical (unpaired) electrons. The first-order valence-corrected chi connectivity index (χ1v) is 6.88. The van der Waals surface area contributed by atoms with Crippen molar-refractivity contribution in [3.63, 3.8) is 0 Å². The predicted octanol–water partition coefficient (Wildman–Crippen LogP) is -0.0232. The average molecular weight is 319 g/mol. The van der Waals surface area contributed by atoms with Crippen molar-refractivity contribution in [3.05, 3.63) is 0 Å². The number of hydrogen-bond donors (Lipinski definition) is 2. The zero-order valence-corrected chi connectivity index (χ0v) is 11.4. The molecule has 96 valence electrons. The molecule has 1 unspecified atom stereocenters. The lowest BCUT2D eigenvalue weighted by Crippen LogP contribution is -2.43. The zero-order valence-electron chi connectivity index (χ0n) is 9.03. The number of hydrogen-bond acceptors (Lipinski definition) is 5. The van der Waals surface area contributed by atoms with Gasteiger partial charge in [0.2, 0.25) is 0 Å². The topological polar surface area (TPSA) is 93.7 Å². The summed E-state index contributed by atoms with van der Waals surface area (Å²) in [6, 6.07) is 0. The van der Waals surface area contributed by atoms with Gasteiger partial charge < -0.3 is 9.47 Å². The Labute approximate surface area is 103 Å². The van der Waals surface area contributed by atoms with Crippen LogP contribution in [0.4, 0.5) is 4.79 Å². The number of rotatable bonds is 7. The third-order valence-corrected chi connectivity index (χ3v) is 2.91. The van der Waals surface area contributed by atoms with E-state index in [1.807, 2.05) is 0 Å².